The monoisotopic (exact) mass is 336 g/mol. The summed E-state index contributed by atoms with van der Waals surface area (Å²) >= 11 is 0. The molecule has 25 heavy (non-hydrogen) atoms. The molecule has 0 saturated carbocycles. The van der Waals surface area contributed by atoms with Crippen molar-refractivity contribution in [1.82, 2.24) is 15.1 Å². The first kappa shape index (κ1) is 15.7. The van der Waals surface area contributed by atoms with Gasteiger partial charge in [-0.25, -0.2) is 0 Å². The molecule has 0 bridgehead atoms. The second-order valence-corrected chi connectivity index (χ2v) is 6.37. The van der Waals surface area contributed by atoms with Crippen LogP contribution in [0, 0.1) is 0 Å². The Kier molecular flexibility index (Phi) is 4.11. The van der Waals surface area contributed by atoms with Crippen molar-refractivity contribution in [3.63, 3.8) is 0 Å². The number of benzene rings is 2. The van der Waals surface area contributed by atoms with E-state index >= 15 is 0 Å². The average molecular weight is 336 g/mol. The number of H-pyrrole nitrogens is 1. The minimum Gasteiger partial charge on any atom is -0.393 e. The van der Waals surface area contributed by atoms with E-state index in [1.165, 1.54) is 0 Å². The Morgan fingerprint density at radius 2 is 2.00 bits per heavy atom. The Labute approximate surface area is 145 Å². The van der Waals surface area contributed by atoms with E-state index in [0.717, 1.165) is 22.3 Å². The lowest BCUT2D eigenvalue weighted by atomic mass is 10.1. The molecule has 1 aromatic heterocycles. The molecule has 0 unspecified atom stereocenters. The Morgan fingerprint density at radius 1 is 1.20 bits per heavy atom. The van der Waals surface area contributed by atoms with Crippen LogP contribution in [-0.2, 0) is 0 Å². The number of aromatic nitrogens is 2. The number of nitrogens with one attached hydrogen (secondary N) is 2. The molecule has 2 heterocycles. The van der Waals surface area contributed by atoms with Crippen molar-refractivity contribution in [3.05, 3.63) is 54.2 Å². The molecule has 6 nitrogen and oxygen atoms in total. The van der Waals surface area contributed by atoms with Gasteiger partial charge in [0, 0.05) is 24.2 Å². The largest absolute Gasteiger partial charge is 0.393 e. The number of likely N-dealkylation sites (tertiary alicyclic amines) is 1. The van der Waals surface area contributed by atoms with Gasteiger partial charge >= 0.3 is 0 Å². The summed E-state index contributed by atoms with van der Waals surface area (Å²) in [5.74, 6) is -0.000566. The highest BCUT2D eigenvalue weighted by Crippen LogP contribution is 2.25. The number of aromatic amines is 1. The summed E-state index contributed by atoms with van der Waals surface area (Å²) in [5.41, 5.74) is 3.30. The van der Waals surface area contributed by atoms with E-state index in [1.807, 2.05) is 47.4 Å². The molecular weight excluding hydrogens is 316 g/mol. The minimum atomic E-state index is -0.292. The van der Waals surface area contributed by atoms with E-state index in [9.17, 15) is 9.90 Å². The molecule has 2 aromatic carbocycles. The number of rotatable bonds is 3. The zero-order valence-electron chi connectivity index (χ0n) is 13.8. The predicted molar refractivity (Wildman–Crippen MR) is 97.0 cm³/mol. The number of para-hydroxylation sites is 1. The Bertz CT molecular complexity index is 897. The highest BCUT2D eigenvalue weighted by atomic mass is 16.3. The molecule has 1 amide bonds. The predicted octanol–water partition coefficient (Wildman–Crippen LogP) is 2.90. The summed E-state index contributed by atoms with van der Waals surface area (Å²) < 4.78 is 0. The molecule has 1 aliphatic rings. The van der Waals surface area contributed by atoms with Crippen molar-refractivity contribution >= 4 is 28.2 Å². The highest BCUT2D eigenvalue weighted by molar-refractivity contribution is 6.00. The van der Waals surface area contributed by atoms with E-state index in [0.29, 0.717) is 31.5 Å². The molecule has 4 rings (SSSR count). The van der Waals surface area contributed by atoms with Crippen LogP contribution in [0.3, 0.4) is 0 Å². The Balaban J connectivity index is 1.59. The average Bonchev–Trinajstić information content (AvgIpc) is 3.10. The van der Waals surface area contributed by atoms with Gasteiger partial charge in [0.15, 0.2) is 0 Å². The summed E-state index contributed by atoms with van der Waals surface area (Å²) in [4.78, 5) is 14.7. The molecule has 128 valence electrons. The third-order valence-electron chi connectivity index (χ3n) is 4.63. The summed E-state index contributed by atoms with van der Waals surface area (Å²) in [6.07, 6.45) is 2.76. The third-order valence-corrected chi connectivity index (χ3v) is 4.63. The van der Waals surface area contributed by atoms with Gasteiger partial charge in [-0.2, -0.15) is 5.10 Å². The van der Waals surface area contributed by atoms with Gasteiger partial charge in [0.1, 0.15) is 0 Å². The molecule has 0 aliphatic carbocycles. The lowest BCUT2D eigenvalue weighted by Crippen LogP contribution is -2.40. The maximum absolute atomic E-state index is 12.9. The van der Waals surface area contributed by atoms with Gasteiger partial charge in [-0.05, 0) is 43.2 Å². The van der Waals surface area contributed by atoms with Crippen LogP contribution in [0.2, 0.25) is 0 Å². The first-order valence-electron chi connectivity index (χ1n) is 8.47. The number of carbonyl (C=O) groups is 1. The summed E-state index contributed by atoms with van der Waals surface area (Å²) in [6.45, 7) is 1.19. The van der Waals surface area contributed by atoms with E-state index < -0.39 is 0 Å². The minimum absolute atomic E-state index is 0.000566. The SMILES string of the molecule is O=C(c1ccccc1Nc1ccc2[nH]ncc2c1)N1CCC(O)CC1. The number of aliphatic hydroxyl groups excluding tert-OH is 1. The summed E-state index contributed by atoms with van der Waals surface area (Å²) in [7, 11) is 0. The molecule has 3 aromatic rings. The maximum atomic E-state index is 12.9. The Morgan fingerprint density at radius 3 is 2.84 bits per heavy atom. The number of hydrogen-bond donors (Lipinski definition) is 3. The van der Waals surface area contributed by atoms with E-state index in [-0.39, 0.29) is 12.0 Å². The summed E-state index contributed by atoms with van der Waals surface area (Å²) in [5, 5.41) is 21.0. The van der Waals surface area contributed by atoms with E-state index in [4.69, 9.17) is 0 Å². The molecular formula is C19H20N4O2. The fourth-order valence-electron chi connectivity index (χ4n) is 3.19. The van der Waals surface area contributed by atoms with Crippen LogP contribution in [0.1, 0.15) is 23.2 Å². The van der Waals surface area contributed by atoms with Crippen LogP contribution in [0.5, 0.6) is 0 Å². The van der Waals surface area contributed by atoms with Gasteiger partial charge in [0.25, 0.3) is 5.91 Å². The van der Waals surface area contributed by atoms with Gasteiger partial charge < -0.3 is 15.3 Å². The number of nitrogens with zero attached hydrogens (tertiary/aromatic N) is 2. The molecule has 1 fully saturated rings. The zero-order chi connectivity index (χ0) is 17.2. The molecule has 1 saturated heterocycles. The van der Waals surface area contributed by atoms with Crippen LogP contribution in [0.4, 0.5) is 11.4 Å². The maximum Gasteiger partial charge on any atom is 0.255 e. The fourth-order valence-corrected chi connectivity index (χ4v) is 3.19. The van der Waals surface area contributed by atoms with Crippen LogP contribution >= 0.6 is 0 Å². The first-order chi connectivity index (χ1) is 12.2. The van der Waals surface area contributed by atoms with Crippen LogP contribution < -0.4 is 5.32 Å². The lowest BCUT2D eigenvalue weighted by Gasteiger charge is -2.30. The number of aliphatic hydroxyl groups is 1. The van der Waals surface area contributed by atoms with Crippen LogP contribution in [-0.4, -0.2) is 45.3 Å². The van der Waals surface area contributed by atoms with Gasteiger partial charge in [0.05, 0.1) is 29.1 Å². The van der Waals surface area contributed by atoms with Crippen molar-refractivity contribution in [3.8, 4) is 0 Å². The number of carbonyl (C=O) groups excluding carboxylic acids is 1. The van der Waals surface area contributed by atoms with Gasteiger partial charge in [0.2, 0.25) is 0 Å². The lowest BCUT2D eigenvalue weighted by molar-refractivity contribution is 0.0547. The number of fused-ring (bicyclic) bond motifs is 1. The third kappa shape index (κ3) is 3.21. The van der Waals surface area contributed by atoms with Crippen molar-refractivity contribution in [2.75, 3.05) is 18.4 Å². The van der Waals surface area contributed by atoms with Gasteiger partial charge in [-0.1, -0.05) is 12.1 Å². The molecule has 1 aliphatic heterocycles. The van der Waals surface area contributed by atoms with Crippen molar-refractivity contribution in [1.29, 1.82) is 0 Å². The molecule has 0 radical (unpaired) electrons. The van der Waals surface area contributed by atoms with Gasteiger partial charge in [-0.15, -0.1) is 0 Å². The molecule has 0 atom stereocenters. The second-order valence-electron chi connectivity index (χ2n) is 6.37. The fraction of sp³-hybridized carbons (Fsp3) is 0.263. The number of hydrogen-bond acceptors (Lipinski definition) is 4. The number of piperidine rings is 1. The van der Waals surface area contributed by atoms with Crippen molar-refractivity contribution in [2.24, 2.45) is 0 Å². The number of amides is 1. The quantitative estimate of drug-likeness (QED) is 0.687. The highest BCUT2D eigenvalue weighted by Gasteiger charge is 2.23. The molecule has 0 spiro atoms. The standard InChI is InChI=1S/C19H20N4O2/c24-15-7-9-23(10-8-15)19(25)16-3-1-2-4-18(16)21-14-5-6-17-13(11-14)12-20-22-17/h1-6,11-12,15,21,24H,7-10H2,(H,20,22). The number of anilines is 2. The van der Waals surface area contributed by atoms with Gasteiger partial charge in [-0.3, -0.25) is 9.89 Å². The smallest absolute Gasteiger partial charge is 0.255 e. The van der Waals surface area contributed by atoms with E-state index in [2.05, 4.69) is 15.5 Å². The first-order valence-corrected chi connectivity index (χ1v) is 8.47. The van der Waals surface area contributed by atoms with E-state index in [1.54, 1.807) is 6.20 Å². The molecule has 6 heteroatoms. The van der Waals surface area contributed by atoms with Crippen LogP contribution in [0.25, 0.3) is 10.9 Å². The second kappa shape index (κ2) is 6.57. The van der Waals surface area contributed by atoms with Crippen molar-refractivity contribution < 1.29 is 9.90 Å². The zero-order valence-corrected chi connectivity index (χ0v) is 13.8. The van der Waals surface area contributed by atoms with Crippen LogP contribution in [0.15, 0.2) is 48.7 Å². The topological polar surface area (TPSA) is 81.2 Å². The Hall–Kier alpha value is -2.86. The molecule has 3 N–H and O–H groups in total. The normalized spacial score (nSPS) is 15.5. The summed E-state index contributed by atoms with van der Waals surface area (Å²) in [6, 6.07) is 13.4. The van der Waals surface area contributed by atoms with Crippen molar-refractivity contribution in [2.45, 2.75) is 18.9 Å².